The van der Waals surface area contributed by atoms with Crippen LogP contribution in [0, 0.1) is 0 Å². The van der Waals surface area contributed by atoms with E-state index in [0.717, 1.165) is 29.9 Å². The molecule has 126 valence electrons. The number of halogens is 2. The Bertz CT molecular complexity index is 887. The first-order valence-corrected chi connectivity index (χ1v) is 8.39. The van der Waals surface area contributed by atoms with Crippen LogP contribution in [-0.4, -0.2) is 27.5 Å². The summed E-state index contributed by atoms with van der Waals surface area (Å²) in [6, 6.07) is 14.7. The third kappa shape index (κ3) is 3.59. The molecule has 24 heavy (non-hydrogen) atoms. The van der Waals surface area contributed by atoms with Gasteiger partial charge in [0.15, 0.2) is 0 Å². The number of imidazole rings is 1. The Labute approximate surface area is 156 Å². The molecule has 5 heteroatoms. The fourth-order valence-corrected chi connectivity index (χ4v) is 3.23. The van der Waals surface area contributed by atoms with Crippen molar-refractivity contribution in [3.05, 3.63) is 64.9 Å². The molecule has 0 atom stereocenters. The standard InChI is InChI=1S/C19H20ClN3.ClH/c20-16-9-7-15(8-10-16)13-23-18-6-2-1-5-17(18)21-19(23)14-22-11-3-4-12-22;/h1-2,5-10H,3-4,11-14H2;1H/i13D2;. The van der Waals surface area contributed by atoms with Gasteiger partial charge in [0.2, 0.25) is 0 Å². The van der Waals surface area contributed by atoms with Crippen molar-refractivity contribution in [2.24, 2.45) is 0 Å². The molecular formula is C19H21Cl2N3. The first-order valence-electron chi connectivity index (χ1n) is 9.01. The van der Waals surface area contributed by atoms with E-state index in [1.807, 2.05) is 24.3 Å². The van der Waals surface area contributed by atoms with Crippen LogP contribution in [0.25, 0.3) is 11.0 Å². The highest BCUT2D eigenvalue weighted by molar-refractivity contribution is 6.30. The van der Waals surface area contributed by atoms with Crippen LogP contribution in [0.2, 0.25) is 5.02 Å². The normalized spacial score (nSPS) is 16.7. The summed E-state index contributed by atoms with van der Waals surface area (Å²) in [4.78, 5) is 7.08. The molecule has 2 aromatic carbocycles. The lowest BCUT2D eigenvalue weighted by Crippen LogP contribution is -2.21. The largest absolute Gasteiger partial charge is 0.322 e. The summed E-state index contributed by atoms with van der Waals surface area (Å²) < 4.78 is 19.4. The van der Waals surface area contributed by atoms with E-state index in [4.69, 9.17) is 19.3 Å². The van der Waals surface area contributed by atoms with Crippen molar-refractivity contribution in [2.45, 2.75) is 25.9 Å². The lowest BCUT2D eigenvalue weighted by molar-refractivity contribution is 0.318. The minimum absolute atomic E-state index is 0. The zero-order valence-electron chi connectivity index (χ0n) is 15.3. The first-order chi connectivity index (χ1) is 12.1. The summed E-state index contributed by atoms with van der Waals surface area (Å²) in [5, 5.41) is 0.604. The summed E-state index contributed by atoms with van der Waals surface area (Å²) in [5.74, 6) is 0.767. The summed E-state index contributed by atoms with van der Waals surface area (Å²) in [7, 11) is 0. The van der Waals surface area contributed by atoms with Crippen LogP contribution in [0.1, 0.15) is 27.0 Å². The van der Waals surface area contributed by atoms with E-state index in [1.165, 1.54) is 12.8 Å². The lowest BCUT2D eigenvalue weighted by Gasteiger charge is -2.16. The number of hydrogen-bond donors (Lipinski definition) is 0. The summed E-state index contributed by atoms with van der Waals surface area (Å²) in [5.41, 5.74) is 2.22. The fourth-order valence-electron chi connectivity index (χ4n) is 3.10. The number of aromatic nitrogens is 2. The van der Waals surface area contributed by atoms with Gasteiger partial charge in [0.1, 0.15) is 5.82 Å². The first kappa shape index (κ1) is 14.8. The van der Waals surface area contributed by atoms with Gasteiger partial charge in [0.05, 0.1) is 20.3 Å². The molecule has 0 spiro atoms. The van der Waals surface area contributed by atoms with Crippen LogP contribution >= 0.6 is 24.0 Å². The van der Waals surface area contributed by atoms with E-state index < -0.39 is 6.50 Å². The second-order valence-corrected chi connectivity index (χ2v) is 6.39. The average Bonchev–Trinajstić information content (AvgIpc) is 3.22. The number of likely N-dealkylation sites (tertiary alicyclic amines) is 1. The maximum Gasteiger partial charge on any atom is 0.124 e. The van der Waals surface area contributed by atoms with Crippen molar-refractivity contribution >= 4 is 35.0 Å². The molecule has 1 fully saturated rings. The van der Waals surface area contributed by atoms with Gasteiger partial charge in [-0.05, 0) is 55.8 Å². The van der Waals surface area contributed by atoms with E-state index in [9.17, 15) is 0 Å². The smallest absolute Gasteiger partial charge is 0.124 e. The minimum atomic E-state index is -1.70. The van der Waals surface area contributed by atoms with Crippen molar-refractivity contribution < 1.29 is 2.74 Å². The number of para-hydroxylation sites is 2. The van der Waals surface area contributed by atoms with E-state index in [1.54, 1.807) is 28.8 Å². The number of nitrogens with zero attached hydrogens (tertiary/aromatic N) is 3. The zero-order valence-corrected chi connectivity index (χ0v) is 14.9. The van der Waals surface area contributed by atoms with Gasteiger partial charge in [0.25, 0.3) is 0 Å². The van der Waals surface area contributed by atoms with Crippen LogP contribution in [0.3, 0.4) is 0 Å². The van der Waals surface area contributed by atoms with Crippen LogP contribution in [0.5, 0.6) is 0 Å². The summed E-state index contributed by atoms with van der Waals surface area (Å²) in [6.07, 6.45) is 2.40. The molecule has 0 bridgehead atoms. The van der Waals surface area contributed by atoms with E-state index in [2.05, 4.69) is 4.90 Å². The van der Waals surface area contributed by atoms with Crippen molar-refractivity contribution in [2.75, 3.05) is 13.1 Å². The second-order valence-electron chi connectivity index (χ2n) is 5.95. The van der Waals surface area contributed by atoms with Crippen molar-refractivity contribution in [3.8, 4) is 0 Å². The highest BCUT2D eigenvalue weighted by Crippen LogP contribution is 2.21. The maximum atomic E-state index is 8.82. The average molecular weight is 364 g/mol. The van der Waals surface area contributed by atoms with Crippen molar-refractivity contribution in [1.82, 2.24) is 14.5 Å². The Morgan fingerprint density at radius 1 is 1.04 bits per heavy atom. The quantitative estimate of drug-likeness (QED) is 0.666. The van der Waals surface area contributed by atoms with Gasteiger partial charge in [-0.1, -0.05) is 35.9 Å². The monoisotopic (exact) mass is 363 g/mol. The molecule has 3 nitrogen and oxygen atoms in total. The van der Waals surface area contributed by atoms with Crippen LogP contribution in [0.15, 0.2) is 48.5 Å². The molecule has 1 saturated heterocycles. The molecule has 1 aromatic heterocycles. The molecule has 0 unspecified atom stereocenters. The van der Waals surface area contributed by atoms with Crippen molar-refractivity contribution in [1.29, 1.82) is 0 Å². The van der Waals surface area contributed by atoms with Gasteiger partial charge in [-0.15, -0.1) is 12.4 Å². The molecular weight excluding hydrogens is 341 g/mol. The van der Waals surface area contributed by atoms with Gasteiger partial charge in [-0.3, -0.25) is 4.90 Å². The van der Waals surface area contributed by atoms with E-state index >= 15 is 0 Å². The third-order valence-electron chi connectivity index (χ3n) is 4.28. The van der Waals surface area contributed by atoms with E-state index in [-0.39, 0.29) is 12.4 Å². The van der Waals surface area contributed by atoms with Gasteiger partial charge < -0.3 is 4.57 Å². The predicted molar refractivity (Wildman–Crippen MR) is 102 cm³/mol. The molecule has 0 amide bonds. The van der Waals surface area contributed by atoms with Gasteiger partial charge in [-0.2, -0.15) is 0 Å². The van der Waals surface area contributed by atoms with Gasteiger partial charge in [0, 0.05) is 11.5 Å². The summed E-state index contributed by atoms with van der Waals surface area (Å²) >= 11 is 5.98. The molecule has 0 N–H and O–H groups in total. The maximum absolute atomic E-state index is 8.82. The molecule has 4 rings (SSSR count). The third-order valence-corrected chi connectivity index (χ3v) is 4.53. The summed E-state index contributed by atoms with van der Waals surface area (Å²) in [6.45, 7) is 1.07. The predicted octanol–water partition coefficient (Wildman–Crippen LogP) is 4.76. The molecule has 0 radical (unpaired) electrons. The second kappa shape index (κ2) is 7.56. The lowest BCUT2D eigenvalue weighted by atomic mass is 10.2. The van der Waals surface area contributed by atoms with Gasteiger partial charge in [-0.25, -0.2) is 4.98 Å². The number of fused-ring (bicyclic) bond motifs is 1. The Balaban J connectivity index is 0.00000196. The topological polar surface area (TPSA) is 21.1 Å². The van der Waals surface area contributed by atoms with Gasteiger partial charge >= 0.3 is 0 Å². The fraction of sp³-hybridized carbons (Fsp3) is 0.316. The SMILES string of the molecule is Cl.[2H]C([2H])(c1ccc(Cl)cc1)n1c(CN2CCCC2)nc2ccccc21. The van der Waals surface area contributed by atoms with Crippen LogP contribution in [0.4, 0.5) is 0 Å². The van der Waals surface area contributed by atoms with Crippen LogP contribution in [-0.2, 0) is 13.0 Å². The molecule has 1 aliphatic heterocycles. The molecule has 2 heterocycles. The molecule has 0 aliphatic carbocycles. The Hall–Kier alpha value is -1.55. The Kier molecular flexibility index (Phi) is 4.65. The molecule has 3 aromatic rings. The number of benzene rings is 2. The minimum Gasteiger partial charge on any atom is -0.322 e. The highest BCUT2D eigenvalue weighted by atomic mass is 35.5. The number of hydrogen-bond acceptors (Lipinski definition) is 2. The Morgan fingerprint density at radius 2 is 1.75 bits per heavy atom. The molecule has 1 aliphatic rings. The van der Waals surface area contributed by atoms with E-state index in [0.29, 0.717) is 17.1 Å². The zero-order chi connectivity index (χ0) is 17.4. The van der Waals surface area contributed by atoms with Crippen LogP contribution < -0.4 is 0 Å². The number of rotatable bonds is 4. The van der Waals surface area contributed by atoms with Crippen molar-refractivity contribution in [3.63, 3.8) is 0 Å². The molecule has 0 saturated carbocycles. The highest BCUT2D eigenvalue weighted by Gasteiger charge is 2.17. The Morgan fingerprint density at radius 3 is 2.50 bits per heavy atom.